The first-order valence-electron chi connectivity index (χ1n) is 8.97. The van der Waals surface area contributed by atoms with E-state index < -0.39 is 0 Å². The van der Waals surface area contributed by atoms with Crippen LogP contribution >= 0.6 is 0 Å². The van der Waals surface area contributed by atoms with Gasteiger partial charge in [0.05, 0.1) is 72.7 Å². The fourth-order valence-corrected chi connectivity index (χ4v) is 1.59. The lowest BCUT2D eigenvalue weighted by molar-refractivity contribution is -0.0178. The van der Waals surface area contributed by atoms with Crippen molar-refractivity contribution < 1.29 is 28.4 Å². The molecule has 0 saturated heterocycles. The van der Waals surface area contributed by atoms with Crippen molar-refractivity contribution in [1.82, 2.24) is 0 Å². The Kier molecular flexibility index (Phi) is 20.5. The molecule has 0 aromatic carbocycles. The molecule has 0 heterocycles. The van der Waals surface area contributed by atoms with Crippen LogP contribution < -0.4 is 5.73 Å². The second-order valence-electron chi connectivity index (χ2n) is 5.44. The Morgan fingerprint density at radius 3 is 1.25 bits per heavy atom. The molecule has 0 spiro atoms. The zero-order valence-corrected chi connectivity index (χ0v) is 15.5. The summed E-state index contributed by atoms with van der Waals surface area (Å²) < 4.78 is 32.2. The highest BCUT2D eigenvalue weighted by Gasteiger charge is 1.98. The standard InChI is InChI=1S/C17H37NO6/c1-3-17(2)16-24-15-14-23-13-12-22-11-10-21-9-8-20-7-6-19-5-4-18/h17H,3-16,18H2,1-2H3. The first-order valence-corrected chi connectivity index (χ1v) is 8.97. The van der Waals surface area contributed by atoms with Crippen molar-refractivity contribution in [3.8, 4) is 0 Å². The van der Waals surface area contributed by atoms with Crippen LogP contribution in [0, 0.1) is 5.92 Å². The van der Waals surface area contributed by atoms with Crippen LogP contribution in [0.4, 0.5) is 0 Å². The summed E-state index contributed by atoms with van der Waals surface area (Å²) in [6, 6.07) is 0. The van der Waals surface area contributed by atoms with Crippen LogP contribution in [0.3, 0.4) is 0 Å². The Balaban J connectivity index is 2.98. The molecule has 0 rings (SSSR count). The van der Waals surface area contributed by atoms with Crippen LogP contribution in [0.1, 0.15) is 20.3 Å². The van der Waals surface area contributed by atoms with Gasteiger partial charge in [0.2, 0.25) is 0 Å². The van der Waals surface area contributed by atoms with Crippen molar-refractivity contribution in [2.45, 2.75) is 20.3 Å². The average Bonchev–Trinajstić information content (AvgIpc) is 2.60. The Morgan fingerprint density at radius 2 is 0.917 bits per heavy atom. The number of rotatable bonds is 20. The van der Waals surface area contributed by atoms with Gasteiger partial charge in [-0.3, -0.25) is 0 Å². The molecular formula is C17H37NO6. The maximum atomic E-state index is 5.49. The third-order valence-electron chi connectivity index (χ3n) is 3.22. The predicted molar refractivity (Wildman–Crippen MR) is 93.4 cm³/mol. The van der Waals surface area contributed by atoms with Crippen molar-refractivity contribution in [3.05, 3.63) is 0 Å². The second kappa shape index (κ2) is 20.8. The summed E-state index contributed by atoms with van der Waals surface area (Å²) in [7, 11) is 0. The third-order valence-corrected chi connectivity index (χ3v) is 3.22. The monoisotopic (exact) mass is 351 g/mol. The van der Waals surface area contributed by atoms with Crippen molar-refractivity contribution >= 4 is 0 Å². The van der Waals surface area contributed by atoms with Gasteiger partial charge in [0, 0.05) is 13.2 Å². The van der Waals surface area contributed by atoms with Gasteiger partial charge in [-0.1, -0.05) is 20.3 Å². The Morgan fingerprint density at radius 1 is 0.583 bits per heavy atom. The van der Waals surface area contributed by atoms with E-state index in [0.29, 0.717) is 85.1 Å². The molecule has 7 heteroatoms. The summed E-state index contributed by atoms with van der Waals surface area (Å²) in [5, 5.41) is 0. The van der Waals surface area contributed by atoms with Crippen LogP contribution in [0.2, 0.25) is 0 Å². The molecule has 0 aliphatic carbocycles. The fourth-order valence-electron chi connectivity index (χ4n) is 1.59. The van der Waals surface area contributed by atoms with E-state index in [9.17, 15) is 0 Å². The van der Waals surface area contributed by atoms with Gasteiger partial charge in [0.1, 0.15) is 0 Å². The Labute approximate surface area is 147 Å². The zero-order chi connectivity index (χ0) is 17.7. The average molecular weight is 351 g/mol. The van der Waals surface area contributed by atoms with E-state index >= 15 is 0 Å². The van der Waals surface area contributed by atoms with E-state index in [4.69, 9.17) is 34.2 Å². The largest absolute Gasteiger partial charge is 0.379 e. The van der Waals surface area contributed by atoms with Gasteiger partial charge in [-0.25, -0.2) is 0 Å². The van der Waals surface area contributed by atoms with Gasteiger partial charge in [0.15, 0.2) is 0 Å². The molecule has 24 heavy (non-hydrogen) atoms. The highest BCUT2D eigenvalue weighted by atomic mass is 16.6. The fraction of sp³-hybridized carbons (Fsp3) is 1.00. The molecule has 0 amide bonds. The van der Waals surface area contributed by atoms with Gasteiger partial charge in [-0.15, -0.1) is 0 Å². The van der Waals surface area contributed by atoms with Crippen molar-refractivity contribution in [1.29, 1.82) is 0 Å². The minimum Gasteiger partial charge on any atom is -0.379 e. The predicted octanol–water partition coefficient (Wildman–Crippen LogP) is 1.09. The summed E-state index contributed by atoms with van der Waals surface area (Å²) in [4.78, 5) is 0. The molecule has 1 atom stereocenters. The normalized spacial score (nSPS) is 12.6. The molecule has 7 nitrogen and oxygen atoms in total. The molecule has 0 aliphatic rings. The second-order valence-corrected chi connectivity index (χ2v) is 5.44. The number of hydrogen-bond acceptors (Lipinski definition) is 7. The van der Waals surface area contributed by atoms with Gasteiger partial charge in [-0.05, 0) is 5.92 Å². The molecule has 0 aromatic rings. The number of nitrogens with two attached hydrogens (primary N) is 1. The maximum absolute atomic E-state index is 5.49. The molecule has 1 unspecified atom stereocenters. The highest BCUT2D eigenvalue weighted by molar-refractivity contribution is 4.45. The van der Waals surface area contributed by atoms with Gasteiger partial charge < -0.3 is 34.2 Å². The quantitative estimate of drug-likeness (QED) is 0.329. The van der Waals surface area contributed by atoms with Crippen LogP contribution in [0.15, 0.2) is 0 Å². The van der Waals surface area contributed by atoms with E-state index in [1.165, 1.54) is 0 Å². The first kappa shape index (κ1) is 23.7. The minimum atomic E-state index is 0.542. The van der Waals surface area contributed by atoms with E-state index in [1.54, 1.807) is 0 Å². The van der Waals surface area contributed by atoms with Crippen molar-refractivity contribution in [2.24, 2.45) is 11.7 Å². The molecule has 146 valence electrons. The smallest absolute Gasteiger partial charge is 0.0701 e. The number of ether oxygens (including phenoxy) is 6. The van der Waals surface area contributed by atoms with Gasteiger partial charge in [-0.2, -0.15) is 0 Å². The molecule has 0 aromatic heterocycles. The summed E-state index contributed by atoms with van der Waals surface area (Å²) >= 11 is 0. The van der Waals surface area contributed by atoms with E-state index in [0.717, 1.165) is 13.0 Å². The lowest BCUT2D eigenvalue weighted by Gasteiger charge is -2.10. The molecule has 0 fully saturated rings. The van der Waals surface area contributed by atoms with E-state index in [-0.39, 0.29) is 0 Å². The highest BCUT2D eigenvalue weighted by Crippen LogP contribution is 1.99. The molecule has 0 saturated carbocycles. The van der Waals surface area contributed by atoms with Crippen LogP contribution in [-0.4, -0.2) is 85.8 Å². The zero-order valence-electron chi connectivity index (χ0n) is 15.5. The van der Waals surface area contributed by atoms with E-state index in [2.05, 4.69) is 13.8 Å². The summed E-state index contributed by atoms with van der Waals surface area (Å²) in [6.45, 7) is 12.1. The Bertz CT molecular complexity index is 233. The molecule has 0 bridgehead atoms. The van der Waals surface area contributed by atoms with Crippen molar-refractivity contribution in [2.75, 3.05) is 85.8 Å². The minimum absolute atomic E-state index is 0.542. The molecule has 2 N–H and O–H groups in total. The lowest BCUT2D eigenvalue weighted by atomic mass is 10.1. The molecule has 0 aliphatic heterocycles. The van der Waals surface area contributed by atoms with Crippen molar-refractivity contribution in [3.63, 3.8) is 0 Å². The Hall–Kier alpha value is -0.280. The molecular weight excluding hydrogens is 314 g/mol. The summed E-state index contributed by atoms with van der Waals surface area (Å²) in [6.07, 6.45) is 1.14. The van der Waals surface area contributed by atoms with E-state index in [1.807, 2.05) is 0 Å². The van der Waals surface area contributed by atoms with Crippen LogP contribution in [0.5, 0.6) is 0 Å². The van der Waals surface area contributed by atoms with Crippen LogP contribution in [-0.2, 0) is 28.4 Å². The van der Waals surface area contributed by atoms with Gasteiger partial charge >= 0.3 is 0 Å². The van der Waals surface area contributed by atoms with Crippen LogP contribution in [0.25, 0.3) is 0 Å². The SMILES string of the molecule is CCC(C)COCCOCCOCCOCCOCCOCCN. The summed E-state index contributed by atoms with van der Waals surface area (Å²) in [5.41, 5.74) is 5.30. The molecule has 0 radical (unpaired) electrons. The topological polar surface area (TPSA) is 81.4 Å². The summed E-state index contributed by atoms with van der Waals surface area (Å²) in [5.74, 6) is 0.614. The maximum Gasteiger partial charge on any atom is 0.0701 e. The third kappa shape index (κ3) is 19.8. The van der Waals surface area contributed by atoms with Gasteiger partial charge in [0.25, 0.3) is 0 Å². The lowest BCUT2D eigenvalue weighted by Crippen LogP contribution is -2.15. The first-order chi connectivity index (χ1) is 11.8. The number of hydrogen-bond donors (Lipinski definition) is 1.